The van der Waals surface area contributed by atoms with Crippen molar-refractivity contribution in [3.8, 4) is 0 Å². The highest BCUT2D eigenvalue weighted by Gasteiger charge is 2.04. The number of nitrogens with zero attached hydrogens (tertiary/aromatic N) is 1. The molecule has 0 aromatic heterocycles. The van der Waals surface area contributed by atoms with Crippen LogP contribution in [0.5, 0.6) is 0 Å². The fourth-order valence-electron chi connectivity index (χ4n) is 1.57. The summed E-state index contributed by atoms with van der Waals surface area (Å²) < 4.78 is 0. The Bertz CT molecular complexity index is 489. The van der Waals surface area contributed by atoms with E-state index in [-0.39, 0.29) is 5.91 Å². The minimum atomic E-state index is -0.0249. The number of carbonyl (C=O) groups excluding carboxylic acids is 1. The highest BCUT2D eigenvalue weighted by Crippen LogP contribution is 2.02. The van der Waals surface area contributed by atoms with Crippen molar-refractivity contribution in [2.24, 2.45) is 5.10 Å². The van der Waals surface area contributed by atoms with Crippen LogP contribution in [0.25, 0.3) is 0 Å². The molecule has 0 aliphatic carbocycles. The minimum absolute atomic E-state index is 0.0249. The standard InChI is InChI=1S/C14H15N3O/c18-14(10-9-12-6-2-1-3-7-12)16-13-8-4-5-11-15-17-13/h1-8,11,17H,9-10H2,(H,16,18). The molecule has 0 atom stereocenters. The van der Waals surface area contributed by atoms with Gasteiger partial charge in [-0.25, -0.2) is 0 Å². The van der Waals surface area contributed by atoms with Crippen LogP contribution in [0.1, 0.15) is 12.0 Å². The third kappa shape index (κ3) is 3.90. The Kier molecular flexibility index (Phi) is 4.30. The van der Waals surface area contributed by atoms with Gasteiger partial charge in [0.1, 0.15) is 5.82 Å². The van der Waals surface area contributed by atoms with Crippen LogP contribution >= 0.6 is 0 Å². The molecule has 0 bridgehead atoms. The second kappa shape index (κ2) is 6.39. The summed E-state index contributed by atoms with van der Waals surface area (Å²) in [6.07, 6.45) is 8.19. The summed E-state index contributed by atoms with van der Waals surface area (Å²) in [7, 11) is 0. The largest absolute Gasteiger partial charge is 0.311 e. The number of carbonyl (C=O) groups is 1. The fraction of sp³-hybridized carbons (Fsp3) is 0.143. The summed E-state index contributed by atoms with van der Waals surface area (Å²) in [5.74, 6) is 0.571. The molecule has 0 spiro atoms. The van der Waals surface area contributed by atoms with Gasteiger partial charge in [0.15, 0.2) is 0 Å². The Morgan fingerprint density at radius 3 is 2.89 bits per heavy atom. The monoisotopic (exact) mass is 241 g/mol. The minimum Gasteiger partial charge on any atom is -0.311 e. The van der Waals surface area contributed by atoms with Crippen molar-refractivity contribution in [1.82, 2.24) is 10.7 Å². The Balaban J connectivity index is 1.80. The van der Waals surface area contributed by atoms with Gasteiger partial charge in [-0.3, -0.25) is 10.2 Å². The molecule has 92 valence electrons. The number of nitrogens with one attached hydrogen (secondary N) is 2. The van der Waals surface area contributed by atoms with E-state index in [2.05, 4.69) is 15.8 Å². The van der Waals surface area contributed by atoms with E-state index in [1.165, 1.54) is 0 Å². The summed E-state index contributed by atoms with van der Waals surface area (Å²) in [5.41, 5.74) is 3.91. The summed E-state index contributed by atoms with van der Waals surface area (Å²) in [4.78, 5) is 11.7. The smallest absolute Gasteiger partial charge is 0.225 e. The van der Waals surface area contributed by atoms with Crippen LogP contribution in [0.15, 0.2) is 59.5 Å². The summed E-state index contributed by atoms with van der Waals surface area (Å²) in [6, 6.07) is 9.95. The van der Waals surface area contributed by atoms with Gasteiger partial charge in [0.25, 0.3) is 0 Å². The molecular weight excluding hydrogens is 226 g/mol. The molecule has 4 heteroatoms. The summed E-state index contributed by atoms with van der Waals surface area (Å²) in [5, 5.41) is 6.65. The van der Waals surface area contributed by atoms with Crippen molar-refractivity contribution >= 4 is 12.1 Å². The topological polar surface area (TPSA) is 53.5 Å². The van der Waals surface area contributed by atoms with Crippen molar-refractivity contribution in [3.05, 3.63) is 59.9 Å². The van der Waals surface area contributed by atoms with E-state index in [1.54, 1.807) is 18.4 Å². The number of rotatable bonds is 4. The molecule has 0 unspecified atom stereocenters. The highest BCUT2D eigenvalue weighted by molar-refractivity contribution is 5.78. The molecule has 18 heavy (non-hydrogen) atoms. The van der Waals surface area contributed by atoms with Crippen LogP contribution in [0.2, 0.25) is 0 Å². The van der Waals surface area contributed by atoms with Crippen LogP contribution in [0.3, 0.4) is 0 Å². The summed E-state index contributed by atoms with van der Waals surface area (Å²) in [6.45, 7) is 0. The number of hydrogen-bond acceptors (Lipinski definition) is 3. The zero-order chi connectivity index (χ0) is 12.6. The van der Waals surface area contributed by atoms with Gasteiger partial charge in [-0.1, -0.05) is 36.4 Å². The molecule has 1 aromatic carbocycles. The maximum atomic E-state index is 11.7. The lowest BCUT2D eigenvalue weighted by Crippen LogP contribution is -2.29. The number of benzene rings is 1. The Labute approximate surface area is 106 Å². The SMILES string of the molecule is O=C(CCc1ccccc1)NC1=CC=CC=NN1. The van der Waals surface area contributed by atoms with Gasteiger partial charge < -0.3 is 5.32 Å². The van der Waals surface area contributed by atoms with Gasteiger partial charge in [-0.15, -0.1) is 0 Å². The van der Waals surface area contributed by atoms with Crippen LogP contribution in [0.4, 0.5) is 0 Å². The Morgan fingerprint density at radius 2 is 2.06 bits per heavy atom. The lowest BCUT2D eigenvalue weighted by Gasteiger charge is -2.07. The molecule has 0 saturated carbocycles. The number of aryl methyl sites for hydroxylation is 1. The molecule has 2 N–H and O–H groups in total. The average Bonchev–Trinajstić information content (AvgIpc) is 2.66. The van der Waals surface area contributed by atoms with Crippen LogP contribution in [-0.2, 0) is 11.2 Å². The van der Waals surface area contributed by atoms with Gasteiger partial charge in [0.05, 0.1) is 0 Å². The molecule has 0 radical (unpaired) electrons. The van der Waals surface area contributed by atoms with Gasteiger partial charge >= 0.3 is 0 Å². The maximum absolute atomic E-state index is 11.7. The Hall–Kier alpha value is -2.36. The van der Waals surface area contributed by atoms with E-state index in [4.69, 9.17) is 0 Å². The van der Waals surface area contributed by atoms with E-state index in [0.29, 0.717) is 12.2 Å². The van der Waals surface area contributed by atoms with Crippen molar-refractivity contribution in [2.45, 2.75) is 12.8 Å². The number of amides is 1. The third-order valence-corrected chi connectivity index (χ3v) is 2.48. The van der Waals surface area contributed by atoms with Gasteiger partial charge in [0, 0.05) is 12.6 Å². The average molecular weight is 241 g/mol. The van der Waals surface area contributed by atoms with Gasteiger partial charge in [-0.05, 0) is 24.1 Å². The van der Waals surface area contributed by atoms with Gasteiger partial charge in [0.2, 0.25) is 5.91 Å². The molecule has 4 nitrogen and oxygen atoms in total. The molecule has 1 aliphatic heterocycles. The highest BCUT2D eigenvalue weighted by atomic mass is 16.1. The van der Waals surface area contributed by atoms with E-state index < -0.39 is 0 Å². The van der Waals surface area contributed by atoms with E-state index in [1.807, 2.05) is 36.4 Å². The first kappa shape index (κ1) is 12.1. The van der Waals surface area contributed by atoms with Crippen molar-refractivity contribution in [2.75, 3.05) is 0 Å². The first-order chi connectivity index (χ1) is 8.84. The normalized spacial score (nSPS) is 13.4. The first-order valence-electron chi connectivity index (χ1n) is 5.84. The van der Waals surface area contributed by atoms with E-state index >= 15 is 0 Å². The lowest BCUT2D eigenvalue weighted by molar-refractivity contribution is -0.120. The van der Waals surface area contributed by atoms with E-state index in [0.717, 1.165) is 12.0 Å². The zero-order valence-electron chi connectivity index (χ0n) is 9.97. The second-order valence-corrected chi connectivity index (χ2v) is 3.89. The zero-order valence-corrected chi connectivity index (χ0v) is 9.97. The molecule has 1 amide bonds. The number of hydrazone groups is 1. The van der Waals surface area contributed by atoms with Gasteiger partial charge in [-0.2, -0.15) is 5.10 Å². The predicted octanol–water partition coefficient (Wildman–Crippen LogP) is 1.72. The molecule has 0 saturated heterocycles. The third-order valence-electron chi connectivity index (χ3n) is 2.48. The molecular formula is C14H15N3O. The molecule has 1 heterocycles. The number of hydrogen-bond donors (Lipinski definition) is 2. The fourth-order valence-corrected chi connectivity index (χ4v) is 1.57. The molecule has 0 fully saturated rings. The maximum Gasteiger partial charge on any atom is 0.225 e. The predicted molar refractivity (Wildman–Crippen MR) is 71.8 cm³/mol. The molecule has 1 aliphatic rings. The Morgan fingerprint density at radius 1 is 1.22 bits per heavy atom. The van der Waals surface area contributed by atoms with E-state index in [9.17, 15) is 4.79 Å². The first-order valence-corrected chi connectivity index (χ1v) is 5.84. The van der Waals surface area contributed by atoms with Crippen LogP contribution in [0, 0.1) is 0 Å². The molecule has 2 rings (SSSR count). The number of allylic oxidation sites excluding steroid dienone is 3. The second-order valence-electron chi connectivity index (χ2n) is 3.89. The lowest BCUT2D eigenvalue weighted by atomic mass is 10.1. The van der Waals surface area contributed by atoms with Crippen molar-refractivity contribution in [3.63, 3.8) is 0 Å². The van der Waals surface area contributed by atoms with Crippen molar-refractivity contribution in [1.29, 1.82) is 0 Å². The van der Waals surface area contributed by atoms with Crippen LogP contribution < -0.4 is 10.7 Å². The summed E-state index contributed by atoms with van der Waals surface area (Å²) >= 11 is 0. The van der Waals surface area contributed by atoms with Crippen LogP contribution in [-0.4, -0.2) is 12.1 Å². The quantitative estimate of drug-likeness (QED) is 0.843. The van der Waals surface area contributed by atoms with Crippen molar-refractivity contribution < 1.29 is 4.79 Å². The molecule has 1 aromatic rings.